The molecular formula is C13H15BrN2O4. The molecule has 1 atom stereocenters. The molecule has 0 radical (unpaired) electrons. The minimum Gasteiger partial charge on any atom is -0.394 e. The van der Waals surface area contributed by atoms with Crippen molar-refractivity contribution in [2.75, 3.05) is 19.7 Å². The molecule has 3 N–H and O–H groups in total. The van der Waals surface area contributed by atoms with Gasteiger partial charge in [0.15, 0.2) is 0 Å². The zero-order valence-electron chi connectivity index (χ0n) is 10.7. The maximum atomic E-state index is 12.1. The van der Waals surface area contributed by atoms with Crippen LogP contribution in [0.3, 0.4) is 0 Å². The molecule has 1 aromatic rings. The Balaban J connectivity index is 1.93. The topological polar surface area (TPSA) is 89.9 Å². The average molecular weight is 343 g/mol. The number of carbonyl (C=O) groups excluding carboxylic acids is 2. The quantitative estimate of drug-likeness (QED) is 0.695. The predicted octanol–water partition coefficient (Wildman–Crippen LogP) is -0.126. The molecule has 20 heavy (non-hydrogen) atoms. The second-order valence-corrected chi connectivity index (χ2v) is 5.52. The van der Waals surface area contributed by atoms with Gasteiger partial charge in [0.05, 0.1) is 12.7 Å². The first-order valence-electron chi connectivity index (χ1n) is 6.14. The molecule has 0 aromatic heterocycles. The van der Waals surface area contributed by atoms with Crippen LogP contribution in [0, 0.1) is 0 Å². The fourth-order valence-electron chi connectivity index (χ4n) is 2.00. The number of hydrogen-bond acceptors (Lipinski definition) is 4. The maximum Gasteiger partial charge on any atom is 0.254 e. The first-order valence-corrected chi connectivity index (χ1v) is 6.94. The van der Waals surface area contributed by atoms with Crippen molar-refractivity contribution in [3.8, 4) is 0 Å². The number of nitrogens with one attached hydrogen (secondary N) is 1. The summed E-state index contributed by atoms with van der Waals surface area (Å²) in [6, 6.07) is 5.38. The molecule has 1 aromatic carbocycles. The molecule has 7 heteroatoms. The van der Waals surface area contributed by atoms with Crippen LogP contribution in [-0.2, 0) is 11.3 Å². The van der Waals surface area contributed by atoms with Gasteiger partial charge in [-0.25, -0.2) is 0 Å². The van der Waals surface area contributed by atoms with Crippen molar-refractivity contribution in [2.24, 2.45) is 0 Å². The molecule has 0 saturated carbocycles. The molecule has 1 unspecified atom stereocenters. The van der Waals surface area contributed by atoms with E-state index in [0.717, 1.165) is 10.0 Å². The molecule has 108 valence electrons. The normalized spacial score (nSPS) is 15.2. The molecule has 1 heterocycles. The lowest BCUT2D eigenvalue weighted by molar-refractivity contribution is -0.122. The molecule has 2 rings (SSSR count). The highest BCUT2D eigenvalue weighted by atomic mass is 79.9. The zero-order valence-corrected chi connectivity index (χ0v) is 12.3. The fourth-order valence-corrected chi connectivity index (χ4v) is 2.41. The molecule has 1 aliphatic heterocycles. The molecule has 0 fully saturated rings. The van der Waals surface area contributed by atoms with Gasteiger partial charge in [-0.05, 0) is 23.8 Å². The van der Waals surface area contributed by atoms with Gasteiger partial charge in [-0.2, -0.15) is 0 Å². The summed E-state index contributed by atoms with van der Waals surface area (Å²) in [6.45, 7) is -0.120. The van der Waals surface area contributed by atoms with E-state index in [9.17, 15) is 9.59 Å². The van der Waals surface area contributed by atoms with Crippen LogP contribution in [0.25, 0.3) is 0 Å². The Morgan fingerprint density at radius 2 is 2.25 bits per heavy atom. The predicted molar refractivity (Wildman–Crippen MR) is 75.0 cm³/mol. The lowest BCUT2D eigenvalue weighted by Gasteiger charge is -2.16. The average Bonchev–Trinajstić information content (AvgIpc) is 2.72. The number of halogens is 1. The van der Waals surface area contributed by atoms with Crippen LogP contribution in [0.1, 0.15) is 15.9 Å². The standard InChI is InChI=1S/C13H15BrN2O4/c14-9-1-2-11-8(3-9)5-16(13(11)20)6-12(19)15-4-10(18)7-17/h1-3,10,17-18H,4-7H2,(H,15,19). The third-order valence-corrected chi connectivity index (χ3v) is 3.52. The van der Waals surface area contributed by atoms with Crippen molar-refractivity contribution in [3.63, 3.8) is 0 Å². The second kappa shape index (κ2) is 6.34. The number of aliphatic hydroxyl groups excluding tert-OH is 2. The molecule has 0 bridgehead atoms. The van der Waals surface area contributed by atoms with E-state index in [0.29, 0.717) is 12.1 Å². The minimum atomic E-state index is -0.985. The third kappa shape index (κ3) is 3.36. The number of rotatable bonds is 5. The van der Waals surface area contributed by atoms with Gasteiger partial charge in [-0.15, -0.1) is 0 Å². The highest BCUT2D eigenvalue weighted by molar-refractivity contribution is 9.10. The van der Waals surface area contributed by atoms with E-state index in [-0.39, 0.29) is 24.9 Å². The summed E-state index contributed by atoms with van der Waals surface area (Å²) in [4.78, 5) is 25.2. The van der Waals surface area contributed by atoms with Gasteiger partial charge < -0.3 is 20.4 Å². The summed E-state index contributed by atoms with van der Waals surface area (Å²) in [6.07, 6.45) is -0.985. The van der Waals surface area contributed by atoms with Gasteiger partial charge in [0.2, 0.25) is 5.91 Å². The van der Waals surface area contributed by atoms with Crippen LogP contribution in [-0.4, -0.2) is 52.7 Å². The largest absolute Gasteiger partial charge is 0.394 e. The molecule has 6 nitrogen and oxygen atoms in total. The van der Waals surface area contributed by atoms with Gasteiger partial charge in [0.1, 0.15) is 6.54 Å². The van der Waals surface area contributed by atoms with E-state index in [1.54, 1.807) is 12.1 Å². The SMILES string of the molecule is O=C(CN1Cc2cc(Br)ccc2C1=O)NCC(O)CO. The third-order valence-electron chi connectivity index (χ3n) is 3.03. The van der Waals surface area contributed by atoms with Gasteiger partial charge in [0.25, 0.3) is 5.91 Å². The Morgan fingerprint density at radius 1 is 1.50 bits per heavy atom. The first kappa shape index (κ1) is 15.0. The molecule has 0 spiro atoms. The van der Waals surface area contributed by atoms with Gasteiger partial charge >= 0.3 is 0 Å². The van der Waals surface area contributed by atoms with Crippen LogP contribution < -0.4 is 5.32 Å². The van der Waals surface area contributed by atoms with Crippen LogP contribution >= 0.6 is 15.9 Å². The van der Waals surface area contributed by atoms with E-state index in [2.05, 4.69) is 21.2 Å². The number of amides is 2. The van der Waals surface area contributed by atoms with Gasteiger partial charge in [-0.3, -0.25) is 9.59 Å². The van der Waals surface area contributed by atoms with E-state index in [1.807, 2.05) is 6.07 Å². The molecule has 0 aliphatic carbocycles. The second-order valence-electron chi connectivity index (χ2n) is 4.60. The molecule has 1 aliphatic rings. The molecule has 2 amide bonds. The summed E-state index contributed by atoms with van der Waals surface area (Å²) in [5, 5.41) is 20.3. The number of hydrogen-bond donors (Lipinski definition) is 3. The molecule has 0 saturated heterocycles. The van der Waals surface area contributed by atoms with E-state index in [4.69, 9.17) is 10.2 Å². The van der Waals surface area contributed by atoms with Crippen LogP contribution in [0.5, 0.6) is 0 Å². The number of fused-ring (bicyclic) bond motifs is 1. The number of carbonyl (C=O) groups is 2. The van der Waals surface area contributed by atoms with E-state index >= 15 is 0 Å². The van der Waals surface area contributed by atoms with Gasteiger partial charge in [0, 0.05) is 23.1 Å². The Morgan fingerprint density at radius 3 is 2.95 bits per heavy atom. The fraction of sp³-hybridized carbons (Fsp3) is 0.385. The summed E-state index contributed by atoms with van der Waals surface area (Å²) >= 11 is 3.34. The number of benzene rings is 1. The Hall–Kier alpha value is -1.44. The summed E-state index contributed by atoms with van der Waals surface area (Å²) < 4.78 is 0.890. The van der Waals surface area contributed by atoms with Crippen LogP contribution in [0.15, 0.2) is 22.7 Å². The molecular weight excluding hydrogens is 328 g/mol. The van der Waals surface area contributed by atoms with E-state index in [1.165, 1.54) is 4.90 Å². The maximum absolute atomic E-state index is 12.1. The first-order chi connectivity index (χ1) is 9.51. The Bertz CT molecular complexity index is 535. The van der Waals surface area contributed by atoms with Crippen molar-refractivity contribution in [1.29, 1.82) is 0 Å². The van der Waals surface area contributed by atoms with Crippen molar-refractivity contribution in [3.05, 3.63) is 33.8 Å². The van der Waals surface area contributed by atoms with Crippen LogP contribution in [0.4, 0.5) is 0 Å². The van der Waals surface area contributed by atoms with Crippen molar-refractivity contribution < 1.29 is 19.8 Å². The smallest absolute Gasteiger partial charge is 0.254 e. The van der Waals surface area contributed by atoms with Crippen LogP contribution in [0.2, 0.25) is 0 Å². The highest BCUT2D eigenvalue weighted by Crippen LogP contribution is 2.25. The highest BCUT2D eigenvalue weighted by Gasteiger charge is 2.28. The minimum absolute atomic E-state index is 0.0319. The summed E-state index contributed by atoms with van der Waals surface area (Å²) in [5.41, 5.74) is 1.49. The Labute approximate surface area is 124 Å². The van der Waals surface area contributed by atoms with Crippen molar-refractivity contribution in [1.82, 2.24) is 10.2 Å². The van der Waals surface area contributed by atoms with Gasteiger partial charge in [-0.1, -0.05) is 15.9 Å². The van der Waals surface area contributed by atoms with Crippen molar-refractivity contribution in [2.45, 2.75) is 12.6 Å². The van der Waals surface area contributed by atoms with E-state index < -0.39 is 12.7 Å². The number of aliphatic hydroxyl groups is 2. The Kier molecular flexibility index (Phi) is 4.74. The van der Waals surface area contributed by atoms with Crippen molar-refractivity contribution >= 4 is 27.7 Å². The lowest BCUT2D eigenvalue weighted by Crippen LogP contribution is -2.41. The summed E-state index contributed by atoms with van der Waals surface area (Å²) in [7, 11) is 0. The number of nitrogens with zero attached hydrogens (tertiary/aromatic N) is 1. The summed E-state index contributed by atoms with van der Waals surface area (Å²) in [5.74, 6) is -0.539. The zero-order chi connectivity index (χ0) is 14.7. The monoisotopic (exact) mass is 342 g/mol. The lowest BCUT2D eigenvalue weighted by atomic mass is 10.1.